The van der Waals surface area contributed by atoms with E-state index < -0.39 is 17.5 Å². The lowest BCUT2D eigenvalue weighted by molar-refractivity contribution is 0.0741. The largest absolute Gasteiger partial charge is 0.353 e. The van der Waals surface area contributed by atoms with Crippen LogP contribution in [0.1, 0.15) is 27.2 Å². The number of carbonyl (C=O) groups is 1. The maximum Gasteiger partial charge on any atom is 0.256 e. The molecule has 0 saturated carbocycles. The number of hydrogen-bond acceptors (Lipinski definition) is 5. The number of rotatable bonds is 4. The molecule has 0 atom stereocenters. The zero-order valence-electron chi connectivity index (χ0n) is 18.1. The van der Waals surface area contributed by atoms with Crippen molar-refractivity contribution in [1.82, 2.24) is 24.5 Å². The van der Waals surface area contributed by atoms with E-state index in [4.69, 9.17) is 0 Å². The third-order valence-corrected chi connectivity index (χ3v) is 5.96. The molecule has 0 spiro atoms. The van der Waals surface area contributed by atoms with E-state index in [9.17, 15) is 13.6 Å². The average Bonchev–Trinajstić information content (AvgIpc) is 3.28. The highest BCUT2D eigenvalue weighted by atomic mass is 19.1. The molecule has 0 bridgehead atoms. The lowest BCUT2D eigenvalue weighted by Gasteiger charge is -2.37. The summed E-state index contributed by atoms with van der Waals surface area (Å²) < 4.78 is 29.1. The van der Waals surface area contributed by atoms with Crippen molar-refractivity contribution in [2.75, 3.05) is 31.1 Å². The normalized spacial score (nSPS) is 14.2. The van der Waals surface area contributed by atoms with Crippen LogP contribution in [-0.2, 0) is 6.42 Å². The summed E-state index contributed by atoms with van der Waals surface area (Å²) in [6.45, 7) is 3.84. The Morgan fingerprint density at radius 1 is 1.03 bits per heavy atom. The van der Waals surface area contributed by atoms with E-state index in [1.54, 1.807) is 9.42 Å². The van der Waals surface area contributed by atoms with Crippen molar-refractivity contribution in [3.63, 3.8) is 0 Å². The summed E-state index contributed by atoms with van der Waals surface area (Å²) in [4.78, 5) is 25.4. The zero-order valence-corrected chi connectivity index (χ0v) is 18.1. The van der Waals surface area contributed by atoms with Gasteiger partial charge in [-0.05, 0) is 24.6 Å². The molecule has 0 aliphatic carbocycles. The van der Waals surface area contributed by atoms with Gasteiger partial charge in [-0.25, -0.2) is 13.8 Å². The van der Waals surface area contributed by atoms with Crippen molar-refractivity contribution in [3.05, 3.63) is 88.9 Å². The number of carbonyl (C=O) groups excluding carboxylic acids is 1. The molecule has 4 aromatic rings. The molecule has 1 aliphatic rings. The molecule has 1 fully saturated rings. The van der Waals surface area contributed by atoms with Crippen LogP contribution in [0.25, 0.3) is 5.78 Å². The van der Waals surface area contributed by atoms with E-state index in [0.29, 0.717) is 38.4 Å². The summed E-state index contributed by atoms with van der Waals surface area (Å²) in [5, 5.41) is 4.39. The van der Waals surface area contributed by atoms with Gasteiger partial charge in [0.05, 0.1) is 5.56 Å². The van der Waals surface area contributed by atoms with Crippen molar-refractivity contribution in [2.45, 2.75) is 13.3 Å². The van der Waals surface area contributed by atoms with Gasteiger partial charge in [-0.3, -0.25) is 4.79 Å². The topological polar surface area (TPSA) is 66.6 Å². The van der Waals surface area contributed by atoms with Crippen LogP contribution in [-0.4, -0.2) is 56.6 Å². The van der Waals surface area contributed by atoms with E-state index in [0.717, 1.165) is 34.8 Å². The number of anilines is 1. The van der Waals surface area contributed by atoms with E-state index in [-0.39, 0.29) is 5.56 Å². The molecule has 2 aromatic heterocycles. The SMILES string of the molecule is Cc1nc2ncnn2c(N2CCN(C(=O)c3ccc(F)cc3F)CC2)c1Cc1ccccc1. The molecule has 1 aliphatic heterocycles. The Balaban J connectivity index is 1.43. The number of hydrogen-bond donors (Lipinski definition) is 0. The first kappa shape index (κ1) is 21.0. The highest BCUT2D eigenvalue weighted by Gasteiger charge is 2.28. The lowest BCUT2D eigenvalue weighted by Crippen LogP contribution is -2.49. The molecular formula is C24H22F2N6O. The van der Waals surface area contributed by atoms with Crippen molar-refractivity contribution in [3.8, 4) is 0 Å². The fourth-order valence-electron chi connectivity index (χ4n) is 4.25. The average molecular weight is 448 g/mol. The summed E-state index contributed by atoms with van der Waals surface area (Å²) in [5.74, 6) is -0.565. The van der Waals surface area contributed by atoms with Gasteiger partial charge in [0.15, 0.2) is 0 Å². The second kappa shape index (κ2) is 8.57. The van der Waals surface area contributed by atoms with Crippen LogP contribution in [0, 0.1) is 18.6 Å². The van der Waals surface area contributed by atoms with Crippen LogP contribution in [0.2, 0.25) is 0 Å². The monoisotopic (exact) mass is 448 g/mol. The summed E-state index contributed by atoms with van der Waals surface area (Å²) in [6.07, 6.45) is 2.17. The van der Waals surface area contributed by atoms with Gasteiger partial charge in [-0.15, -0.1) is 0 Å². The first-order valence-electron chi connectivity index (χ1n) is 10.7. The fraction of sp³-hybridized carbons (Fsp3) is 0.250. The molecule has 7 nitrogen and oxygen atoms in total. The number of piperazine rings is 1. The number of nitrogens with zero attached hydrogens (tertiary/aromatic N) is 6. The fourth-order valence-corrected chi connectivity index (χ4v) is 4.25. The number of aromatic nitrogens is 4. The Hall–Kier alpha value is -3.88. The predicted octanol–water partition coefficient (Wildman–Crippen LogP) is 3.26. The van der Waals surface area contributed by atoms with Gasteiger partial charge in [-0.2, -0.15) is 14.6 Å². The van der Waals surface area contributed by atoms with Crippen LogP contribution in [0.4, 0.5) is 14.6 Å². The van der Waals surface area contributed by atoms with Gasteiger partial charge in [-0.1, -0.05) is 30.3 Å². The van der Waals surface area contributed by atoms with Crippen LogP contribution < -0.4 is 4.90 Å². The molecule has 3 heterocycles. The third-order valence-electron chi connectivity index (χ3n) is 5.96. The summed E-state index contributed by atoms with van der Waals surface area (Å²) >= 11 is 0. The lowest BCUT2D eigenvalue weighted by atomic mass is 10.0. The van der Waals surface area contributed by atoms with E-state index in [1.807, 2.05) is 25.1 Å². The summed E-state index contributed by atoms with van der Waals surface area (Å²) in [7, 11) is 0. The van der Waals surface area contributed by atoms with Crippen molar-refractivity contribution >= 4 is 17.5 Å². The smallest absolute Gasteiger partial charge is 0.256 e. The van der Waals surface area contributed by atoms with E-state index in [1.165, 1.54) is 12.4 Å². The number of benzene rings is 2. The highest BCUT2D eigenvalue weighted by molar-refractivity contribution is 5.94. The van der Waals surface area contributed by atoms with Crippen molar-refractivity contribution in [1.29, 1.82) is 0 Å². The van der Waals surface area contributed by atoms with Crippen LogP contribution in [0.5, 0.6) is 0 Å². The highest BCUT2D eigenvalue weighted by Crippen LogP contribution is 2.27. The number of aryl methyl sites for hydroxylation is 1. The molecule has 1 amide bonds. The van der Waals surface area contributed by atoms with E-state index in [2.05, 4.69) is 32.1 Å². The van der Waals surface area contributed by atoms with Gasteiger partial charge in [0.25, 0.3) is 11.7 Å². The first-order chi connectivity index (χ1) is 16.0. The molecule has 33 heavy (non-hydrogen) atoms. The second-order valence-electron chi connectivity index (χ2n) is 8.04. The molecule has 9 heteroatoms. The number of halogens is 2. The molecular weight excluding hydrogens is 426 g/mol. The molecule has 168 valence electrons. The molecule has 2 aromatic carbocycles. The van der Waals surface area contributed by atoms with Gasteiger partial charge >= 0.3 is 0 Å². The Bertz CT molecular complexity index is 1320. The number of amides is 1. The maximum atomic E-state index is 14.1. The van der Waals surface area contributed by atoms with Gasteiger partial charge in [0, 0.05) is 49.9 Å². The minimum Gasteiger partial charge on any atom is -0.353 e. The molecule has 0 N–H and O–H groups in total. The van der Waals surface area contributed by atoms with E-state index >= 15 is 0 Å². The van der Waals surface area contributed by atoms with Gasteiger partial charge < -0.3 is 9.80 Å². The Labute approximate surface area is 189 Å². The Morgan fingerprint density at radius 2 is 1.79 bits per heavy atom. The minimum absolute atomic E-state index is 0.118. The number of fused-ring (bicyclic) bond motifs is 1. The second-order valence-corrected chi connectivity index (χ2v) is 8.04. The van der Waals surface area contributed by atoms with Crippen molar-refractivity contribution in [2.24, 2.45) is 0 Å². The summed E-state index contributed by atoms with van der Waals surface area (Å²) in [6, 6.07) is 13.2. The third kappa shape index (κ3) is 4.02. The van der Waals surface area contributed by atoms with Crippen molar-refractivity contribution < 1.29 is 13.6 Å². The van der Waals surface area contributed by atoms with Crippen LogP contribution in [0.15, 0.2) is 54.9 Å². The van der Waals surface area contributed by atoms with Gasteiger partial charge in [0.2, 0.25) is 0 Å². The minimum atomic E-state index is -0.846. The zero-order chi connectivity index (χ0) is 22.9. The summed E-state index contributed by atoms with van der Waals surface area (Å²) in [5.41, 5.74) is 2.96. The van der Waals surface area contributed by atoms with Gasteiger partial charge in [0.1, 0.15) is 23.8 Å². The molecule has 0 radical (unpaired) electrons. The maximum absolute atomic E-state index is 14.1. The molecule has 0 unspecified atom stereocenters. The Kier molecular flexibility index (Phi) is 5.45. The first-order valence-corrected chi connectivity index (χ1v) is 10.7. The predicted molar refractivity (Wildman–Crippen MR) is 119 cm³/mol. The standard InChI is InChI=1S/C24H22F2N6O/c1-16-20(13-17-5-3-2-4-6-17)22(32-24(29-16)27-15-28-32)30-9-11-31(12-10-30)23(33)19-8-7-18(25)14-21(19)26/h2-8,14-15H,9-13H2,1H3. The molecule has 5 rings (SSSR count). The van der Waals surface area contributed by atoms with Crippen LogP contribution >= 0.6 is 0 Å². The Morgan fingerprint density at radius 3 is 2.52 bits per heavy atom. The molecule has 1 saturated heterocycles. The quantitative estimate of drug-likeness (QED) is 0.480. The van der Waals surface area contributed by atoms with Crippen LogP contribution in [0.3, 0.4) is 0 Å².